The molecule has 0 saturated carbocycles. The summed E-state index contributed by atoms with van der Waals surface area (Å²) in [4.78, 5) is 0. The Hall–Kier alpha value is -2.01. The molecule has 2 rings (SSSR count). The normalized spacial score (nSPS) is 12.3. The predicted octanol–water partition coefficient (Wildman–Crippen LogP) is 3.47. The molecule has 5 heteroatoms. The van der Waals surface area contributed by atoms with E-state index in [1.165, 1.54) is 7.11 Å². The minimum atomic E-state index is -1.01. The highest BCUT2D eigenvalue weighted by Crippen LogP contribution is 2.29. The molecule has 20 heavy (non-hydrogen) atoms. The lowest BCUT2D eigenvalue weighted by molar-refractivity contribution is 0.414. The minimum absolute atomic E-state index is 0.348. The number of hydrogen-bond donors (Lipinski definition) is 1. The van der Waals surface area contributed by atoms with E-state index in [-0.39, 0.29) is 5.56 Å². The molecule has 1 unspecified atom stereocenters. The van der Waals surface area contributed by atoms with Gasteiger partial charge in [0.15, 0.2) is 0 Å². The number of rotatable bonds is 3. The summed E-state index contributed by atoms with van der Waals surface area (Å²) >= 11 is 0. The first kappa shape index (κ1) is 14.4. The summed E-state index contributed by atoms with van der Waals surface area (Å²) in [5, 5.41) is 0. The van der Waals surface area contributed by atoms with Gasteiger partial charge in [0, 0.05) is 17.7 Å². The predicted molar refractivity (Wildman–Crippen MR) is 70.1 cm³/mol. The van der Waals surface area contributed by atoms with Crippen LogP contribution in [-0.2, 0) is 0 Å². The molecule has 0 saturated heterocycles. The van der Waals surface area contributed by atoms with Gasteiger partial charge < -0.3 is 10.5 Å². The van der Waals surface area contributed by atoms with Gasteiger partial charge in [0.05, 0.1) is 13.2 Å². The summed E-state index contributed by atoms with van der Waals surface area (Å²) in [6, 6.07) is 5.24. The molecule has 0 aromatic heterocycles. The van der Waals surface area contributed by atoms with Gasteiger partial charge in [-0.15, -0.1) is 0 Å². The van der Waals surface area contributed by atoms with Crippen LogP contribution in [0.3, 0.4) is 0 Å². The van der Waals surface area contributed by atoms with Crippen molar-refractivity contribution in [3.05, 3.63) is 64.5 Å². The third kappa shape index (κ3) is 2.63. The number of benzene rings is 2. The second-order valence-electron chi connectivity index (χ2n) is 4.48. The van der Waals surface area contributed by atoms with Crippen molar-refractivity contribution in [1.29, 1.82) is 0 Å². The maximum atomic E-state index is 13.7. The van der Waals surface area contributed by atoms with E-state index in [4.69, 9.17) is 10.5 Å². The Morgan fingerprint density at radius 2 is 1.65 bits per heavy atom. The molecule has 1 atom stereocenters. The van der Waals surface area contributed by atoms with E-state index in [2.05, 4.69) is 0 Å². The van der Waals surface area contributed by atoms with Gasteiger partial charge in [0.25, 0.3) is 0 Å². The van der Waals surface area contributed by atoms with E-state index < -0.39 is 23.5 Å². The second-order valence-corrected chi connectivity index (χ2v) is 4.48. The van der Waals surface area contributed by atoms with Gasteiger partial charge in [-0.25, -0.2) is 13.2 Å². The lowest BCUT2D eigenvalue weighted by Crippen LogP contribution is -2.17. The summed E-state index contributed by atoms with van der Waals surface area (Å²) in [5.41, 5.74) is 6.86. The standard InChI is InChI=1S/C15H14F3NO/c1-8-5-10(20-2)3-4-11(8)15(19)14-12(17)6-9(16)7-13(14)18/h3-7,15H,19H2,1-2H3. The Morgan fingerprint density at radius 1 is 1.05 bits per heavy atom. The third-order valence-corrected chi connectivity index (χ3v) is 3.17. The van der Waals surface area contributed by atoms with E-state index in [1.54, 1.807) is 25.1 Å². The van der Waals surface area contributed by atoms with Crippen molar-refractivity contribution in [3.63, 3.8) is 0 Å². The minimum Gasteiger partial charge on any atom is -0.497 e. The zero-order chi connectivity index (χ0) is 14.9. The highest BCUT2D eigenvalue weighted by Gasteiger charge is 2.21. The van der Waals surface area contributed by atoms with Crippen LogP contribution in [0, 0.1) is 24.4 Å². The van der Waals surface area contributed by atoms with Crippen molar-refractivity contribution in [2.24, 2.45) is 5.73 Å². The quantitative estimate of drug-likeness (QED) is 0.935. The molecule has 0 spiro atoms. The molecule has 2 N–H and O–H groups in total. The molecule has 2 nitrogen and oxygen atoms in total. The Kier molecular flexibility index (Phi) is 3.99. The summed E-state index contributed by atoms with van der Waals surface area (Å²) in [6.07, 6.45) is 0. The number of hydrogen-bond acceptors (Lipinski definition) is 2. The molecule has 0 bridgehead atoms. The molecule has 0 heterocycles. The molecular formula is C15H14F3NO. The van der Waals surface area contributed by atoms with Gasteiger partial charge in [-0.05, 0) is 30.2 Å². The first-order valence-corrected chi connectivity index (χ1v) is 5.98. The first-order chi connectivity index (χ1) is 9.43. The number of halogens is 3. The van der Waals surface area contributed by atoms with Crippen molar-refractivity contribution in [3.8, 4) is 5.75 Å². The van der Waals surface area contributed by atoms with Gasteiger partial charge in [0.1, 0.15) is 23.2 Å². The van der Waals surface area contributed by atoms with Crippen LogP contribution < -0.4 is 10.5 Å². The van der Waals surface area contributed by atoms with Gasteiger partial charge >= 0.3 is 0 Å². The van der Waals surface area contributed by atoms with Gasteiger partial charge in [-0.1, -0.05) is 6.07 Å². The smallest absolute Gasteiger partial charge is 0.134 e. The molecule has 0 aliphatic carbocycles. The number of aryl methyl sites for hydroxylation is 1. The molecule has 106 valence electrons. The number of nitrogens with two attached hydrogens (primary N) is 1. The van der Waals surface area contributed by atoms with Crippen LogP contribution in [0.4, 0.5) is 13.2 Å². The molecule has 2 aromatic carbocycles. The summed E-state index contributed by atoms with van der Waals surface area (Å²) in [5.74, 6) is -2.34. The van der Waals surface area contributed by atoms with Crippen LogP contribution in [0.2, 0.25) is 0 Å². The SMILES string of the molecule is COc1ccc(C(N)c2c(F)cc(F)cc2F)c(C)c1. The fourth-order valence-corrected chi connectivity index (χ4v) is 2.13. The highest BCUT2D eigenvalue weighted by atomic mass is 19.1. The third-order valence-electron chi connectivity index (χ3n) is 3.17. The fraction of sp³-hybridized carbons (Fsp3) is 0.200. The zero-order valence-corrected chi connectivity index (χ0v) is 11.1. The average molecular weight is 281 g/mol. The topological polar surface area (TPSA) is 35.2 Å². The Morgan fingerprint density at radius 3 is 2.15 bits per heavy atom. The summed E-state index contributed by atoms with van der Waals surface area (Å²) < 4.78 is 45.5. The van der Waals surface area contributed by atoms with Gasteiger partial charge in [-0.2, -0.15) is 0 Å². The molecule has 0 aliphatic heterocycles. The summed E-state index contributed by atoms with van der Waals surface area (Å²) in [7, 11) is 1.52. The van der Waals surface area contributed by atoms with E-state index >= 15 is 0 Å². The van der Waals surface area contributed by atoms with Crippen LogP contribution in [-0.4, -0.2) is 7.11 Å². The average Bonchev–Trinajstić information content (AvgIpc) is 2.37. The fourth-order valence-electron chi connectivity index (χ4n) is 2.13. The zero-order valence-electron chi connectivity index (χ0n) is 11.1. The Bertz CT molecular complexity index is 620. The van der Waals surface area contributed by atoms with Gasteiger partial charge in [0.2, 0.25) is 0 Å². The van der Waals surface area contributed by atoms with Crippen molar-refractivity contribution in [1.82, 2.24) is 0 Å². The molecule has 0 aliphatic rings. The van der Waals surface area contributed by atoms with Crippen LogP contribution in [0.15, 0.2) is 30.3 Å². The van der Waals surface area contributed by atoms with E-state index in [9.17, 15) is 13.2 Å². The molecule has 0 amide bonds. The van der Waals surface area contributed by atoms with E-state index in [0.29, 0.717) is 23.4 Å². The van der Waals surface area contributed by atoms with Crippen LogP contribution in [0.25, 0.3) is 0 Å². The lowest BCUT2D eigenvalue weighted by atomic mass is 9.94. The molecule has 0 radical (unpaired) electrons. The second kappa shape index (κ2) is 5.54. The van der Waals surface area contributed by atoms with Crippen molar-refractivity contribution in [2.75, 3.05) is 7.11 Å². The molecular weight excluding hydrogens is 267 g/mol. The first-order valence-electron chi connectivity index (χ1n) is 5.98. The van der Waals surface area contributed by atoms with Crippen LogP contribution in [0.5, 0.6) is 5.75 Å². The number of ether oxygens (including phenoxy) is 1. The maximum absolute atomic E-state index is 13.7. The largest absolute Gasteiger partial charge is 0.497 e. The maximum Gasteiger partial charge on any atom is 0.134 e. The van der Waals surface area contributed by atoms with Crippen LogP contribution in [0.1, 0.15) is 22.7 Å². The monoisotopic (exact) mass is 281 g/mol. The number of methoxy groups -OCH3 is 1. The van der Waals surface area contributed by atoms with Crippen molar-refractivity contribution < 1.29 is 17.9 Å². The van der Waals surface area contributed by atoms with Crippen molar-refractivity contribution in [2.45, 2.75) is 13.0 Å². The molecule has 0 fully saturated rings. The van der Waals surface area contributed by atoms with E-state index in [1.807, 2.05) is 0 Å². The van der Waals surface area contributed by atoms with E-state index in [0.717, 1.165) is 5.56 Å². The lowest BCUT2D eigenvalue weighted by Gasteiger charge is -2.17. The molecule has 2 aromatic rings. The summed E-state index contributed by atoms with van der Waals surface area (Å²) in [6.45, 7) is 1.76. The van der Waals surface area contributed by atoms with Crippen LogP contribution >= 0.6 is 0 Å². The Labute approximate surface area is 115 Å². The highest BCUT2D eigenvalue weighted by molar-refractivity contribution is 5.41. The Balaban J connectivity index is 2.49. The van der Waals surface area contributed by atoms with Gasteiger partial charge in [-0.3, -0.25) is 0 Å². The van der Waals surface area contributed by atoms with Crippen molar-refractivity contribution >= 4 is 0 Å².